The van der Waals surface area contributed by atoms with Gasteiger partial charge in [-0.3, -0.25) is 4.79 Å². The van der Waals surface area contributed by atoms with Crippen molar-refractivity contribution in [3.63, 3.8) is 0 Å². The number of amides is 1. The van der Waals surface area contributed by atoms with Crippen molar-refractivity contribution in [1.29, 1.82) is 0 Å². The van der Waals surface area contributed by atoms with Gasteiger partial charge < -0.3 is 15.8 Å². The number of primary amides is 1. The van der Waals surface area contributed by atoms with E-state index in [1.807, 2.05) is 12.1 Å². The van der Waals surface area contributed by atoms with Crippen LogP contribution in [0.2, 0.25) is 0 Å². The van der Waals surface area contributed by atoms with Crippen LogP contribution in [0.4, 0.5) is 0 Å². The highest BCUT2D eigenvalue weighted by Crippen LogP contribution is 2.37. The van der Waals surface area contributed by atoms with Gasteiger partial charge >= 0.3 is 0 Å². The molecule has 104 valence electrons. The zero-order chi connectivity index (χ0) is 13.7. The van der Waals surface area contributed by atoms with Gasteiger partial charge in [-0.1, -0.05) is 12.1 Å². The maximum Gasteiger partial charge on any atom is 0.217 e. The fourth-order valence-corrected chi connectivity index (χ4v) is 2.52. The molecule has 3 N–H and O–H groups in total. The van der Waals surface area contributed by atoms with Gasteiger partial charge in [-0.2, -0.15) is 0 Å². The van der Waals surface area contributed by atoms with Gasteiger partial charge in [0, 0.05) is 12.5 Å². The van der Waals surface area contributed by atoms with Crippen molar-refractivity contribution in [2.75, 3.05) is 13.7 Å². The van der Waals surface area contributed by atoms with E-state index in [9.17, 15) is 4.79 Å². The van der Waals surface area contributed by atoms with Crippen molar-refractivity contribution in [2.45, 2.75) is 37.6 Å². The van der Waals surface area contributed by atoms with E-state index < -0.39 is 0 Å². The van der Waals surface area contributed by atoms with Gasteiger partial charge in [0.25, 0.3) is 0 Å². The Bertz CT molecular complexity index is 428. The first-order valence-corrected chi connectivity index (χ1v) is 6.84. The lowest BCUT2D eigenvalue weighted by Gasteiger charge is -2.36. The van der Waals surface area contributed by atoms with Crippen LogP contribution in [-0.4, -0.2) is 25.6 Å². The molecule has 2 rings (SSSR count). The summed E-state index contributed by atoms with van der Waals surface area (Å²) in [4.78, 5) is 10.6. The van der Waals surface area contributed by atoms with E-state index in [2.05, 4.69) is 17.4 Å². The highest BCUT2D eigenvalue weighted by atomic mass is 16.5. The Morgan fingerprint density at radius 2 is 2.26 bits per heavy atom. The highest BCUT2D eigenvalue weighted by Gasteiger charge is 2.29. The number of benzene rings is 1. The molecule has 1 aromatic rings. The van der Waals surface area contributed by atoms with Crippen LogP contribution in [0.15, 0.2) is 24.3 Å². The molecule has 4 nitrogen and oxygen atoms in total. The maximum absolute atomic E-state index is 10.6. The van der Waals surface area contributed by atoms with Crippen molar-refractivity contribution in [1.82, 2.24) is 5.32 Å². The van der Waals surface area contributed by atoms with E-state index in [0.29, 0.717) is 18.4 Å². The van der Waals surface area contributed by atoms with Crippen LogP contribution in [-0.2, 0) is 4.79 Å². The predicted molar refractivity (Wildman–Crippen MR) is 75.2 cm³/mol. The van der Waals surface area contributed by atoms with E-state index in [0.717, 1.165) is 31.6 Å². The molecule has 0 saturated heterocycles. The zero-order valence-corrected chi connectivity index (χ0v) is 11.4. The molecule has 1 aliphatic rings. The Labute approximate surface area is 114 Å². The molecule has 19 heavy (non-hydrogen) atoms. The molecule has 4 heteroatoms. The smallest absolute Gasteiger partial charge is 0.217 e. The SMILES string of the molecule is COc1cccc(C2CC(NCCCC(N)=O)C2)c1. The Morgan fingerprint density at radius 1 is 1.47 bits per heavy atom. The number of carbonyl (C=O) groups excluding carboxylic acids is 1. The first kappa shape index (κ1) is 13.9. The van der Waals surface area contributed by atoms with Crippen LogP contribution in [0.3, 0.4) is 0 Å². The molecule has 1 aliphatic carbocycles. The third-order valence-electron chi connectivity index (χ3n) is 3.74. The van der Waals surface area contributed by atoms with Gasteiger partial charge in [-0.05, 0) is 49.4 Å². The first-order chi connectivity index (χ1) is 9.19. The third-order valence-corrected chi connectivity index (χ3v) is 3.74. The normalized spacial score (nSPS) is 21.7. The third kappa shape index (κ3) is 3.96. The number of methoxy groups -OCH3 is 1. The van der Waals surface area contributed by atoms with Crippen LogP contribution < -0.4 is 15.8 Å². The monoisotopic (exact) mass is 262 g/mol. The summed E-state index contributed by atoms with van der Waals surface area (Å²) < 4.78 is 5.24. The fraction of sp³-hybridized carbons (Fsp3) is 0.533. The highest BCUT2D eigenvalue weighted by molar-refractivity contribution is 5.73. The summed E-state index contributed by atoms with van der Waals surface area (Å²) in [5.74, 6) is 1.34. The Hall–Kier alpha value is -1.55. The largest absolute Gasteiger partial charge is 0.497 e. The van der Waals surface area contributed by atoms with Crippen molar-refractivity contribution >= 4 is 5.91 Å². The molecule has 1 fully saturated rings. The molecule has 0 aromatic heterocycles. The molecule has 0 atom stereocenters. The molecule has 1 aromatic carbocycles. The second kappa shape index (κ2) is 6.57. The quantitative estimate of drug-likeness (QED) is 0.736. The maximum atomic E-state index is 10.6. The number of carbonyl (C=O) groups is 1. The number of hydrogen-bond donors (Lipinski definition) is 2. The van der Waals surface area contributed by atoms with Gasteiger partial charge in [0.2, 0.25) is 5.91 Å². The Morgan fingerprint density at radius 3 is 2.95 bits per heavy atom. The minimum Gasteiger partial charge on any atom is -0.497 e. The van der Waals surface area contributed by atoms with Crippen molar-refractivity contribution in [3.05, 3.63) is 29.8 Å². The fourth-order valence-electron chi connectivity index (χ4n) is 2.52. The van der Waals surface area contributed by atoms with Crippen LogP contribution in [0.1, 0.15) is 37.2 Å². The average Bonchev–Trinajstić information content (AvgIpc) is 2.36. The van der Waals surface area contributed by atoms with E-state index in [4.69, 9.17) is 10.5 Å². The standard InChI is InChI=1S/C15H22N2O2/c1-19-14-5-2-4-11(10-14)12-8-13(9-12)17-7-3-6-15(16)18/h2,4-5,10,12-13,17H,3,6-9H2,1H3,(H2,16,18). The lowest BCUT2D eigenvalue weighted by molar-refractivity contribution is -0.118. The summed E-state index contributed by atoms with van der Waals surface area (Å²) in [5.41, 5.74) is 6.46. The topological polar surface area (TPSA) is 64.3 Å². The molecular formula is C15H22N2O2. The number of ether oxygens (including phenoxy) is 1. The van der Waals surface area contributed by atoms with Crippen LogP contribution in [0.25, 0.3) is 0 Å². The van der Waals surface area contributed by atoms with Crippen molar-refractivity contribution in [3.8, 4) is 5.75 Å². The number of nitrogens with two attached hydrogens (primary N) is 1. The van der Waals surface area contributed by atoms with Gasteiger partial charge in [-0.15, -0.1) is 0 Å². The molecule has 0 unspecified atom stereocenters. The van der Waals surface area contributed by atoms with E-state index in [1.54, 1.807) is 7.11 Å². The second-order valence-electron chi connectivity index (χ2n) is 5.17. The minimum atomic E-state index is -0.218. The number of nitrogens with one attached hydrogen (secondary N) is 1. The Kier molecular flexibility index (Phi) is 4.80. The summed E-state index contributed by atoms with van der Waals surface area (Å²) in [6, 6.07) is 8.87. The van der Waals surface area contributed by atoms with E-state index in [-0.39, 0.29) is 5.91 Å². The summed E-state index contributed by atoms with van der Waals surface area (Å²) in [7, 11) is 1.70. The lowest BCUT2D eigenvalue weighted by atomic mass is 9.76. The molecule has 1 saturated carbocycles. The van der Waals surface area contributed by atoms with Gasteiger partial charge in [-0.25, -0.2) is 0 Å². The van der Waals surface area contributed by atoms with E-state index >= 15 is 0 Å². The molecule has 0 bridgehead atoms. The van der Waals surface area contributed by atoms with Crippen LogP contribution in [0.5, 0.6) is 5.75 Å². The average molecular weight is 262 g/mol. The van der Waals surface area contributed by atoms with Crippen molar-refractivity contribution in [2.24, 2.45) is 5.73 Å². The second-order valence-corrected chi connectivity index (χ2v) is 5.17. The first-order valence-electron chi connectivity index (χ1n) is 6.84. The Balaban J connectivity index is 1.69. The van der Waals surface area contributed by atoms with Crippen LogP contribution in [0, 0.1) is 0 Å². The van der Waals surface area contributed by atoms with Crippen molar-refractivity contribution < 1.29 is 9.53 Å². The van der Waals surface area contributed by atoms with E-state index in [1.165, 1.54) is 5.56 Å². The number of rotatable bonds is 7. The molecule has 0 radical (unpaired) electrons. The number of hydrogen-bond acceptors (Lipinski definition) is 3. The van der Waals surface area contributed by atoms with Gasteiger partial charge in [0.05, 0.1) is 7.11 Å². The minimum absolute atomic E-state index is 0.218. The molecule has 0 aliphatic heterocycles. The summed E-state index contributed by atoms with van der Waals surface area (Å²) >= 11 is 0. The molecule has 1 amide bonds. The molecule has 0 heterocycles. The summed E-state index contributed by atoms with van der Waals surface area (Å²) in [5, 5.41) is 3.46. The predicted octanol–water partition coefficient (Wildman–Crippen LogP) is 1.80. The zero-order valence-electron chi connectivity index (χ0n) is 11.4. The molecule has 0 spiro atoms. The molecular weight excluding hydrogens is 240 g/mol. The summed E-state index contributed by atoms with van der Waals surface area (Å²) in [6.45, 7) is 0.873. The summed E-state index contributed by atoms with van der Waals surface area (Å²) in [6.07, 6.45) is 3.61. The van der Waals surface area contributed by atoms with Crippen LogP contribution >= 0.6 is 0 Å². The van der Waals surface area contributed by atoms with Gasteiger partial charge in [0.15, 0.2) is 0 Å². The lowest BCUT2D eigenvalue weighted by Crippen LogP contribution is -2.40. The van der Waals surface area contributed by atoms with Gasteiger partial charge in [0.1, 0.15) is 5.75 Å².